The average molecular weight is 614 g/mol. The van der Waals surface area contributed by atoms with Crippen molar-refractivity contribution in [2.45, 2.75) is 76.4 Å². The van der Waals surface area contributed by atoms with Crippen molar-refractivity contribution in [3.05, 3.63) is 69.8 Å². The number of amides is 3. The number of hydrogen-bond acceptors (Lipinski definition) is 6. The van der Waals surface area contributed by atoms with Crippen LogP contribution in [0.25, 0.3) is 0 Å². The fraction of sp³-hybridized carbons (Fsp3) is 0.514. The van der Waals surface area contributed by atoms with E-state index in [1.165, 1.54) is 0 Å². The molecule has 2 aliphatic rings. The summed E-state index contributed by atoms with van der Waals surface area (Å²) in [5.41, 5.74) is 4.04. The molecular weight excluding hydrogens is 566 g/mol. The van der Waals surface area contributed by atoms with E-state index < -0.39 is 5.41 Å². The molecule has 1 heterocycles. The number of amidine groups is 1. The van der Waals surface area contributed by atoms with E-state index in [1.54, 1.807) is 42.9 Å². The first-order valence-electron chi connectivity index (χ1n) is 15.8. The lowest BCUT2D eigenvalue weighted by molar-refractivity contribution is -0.130. The minimum Gasteiger partial charge on any atom is -0.371 e. The second-order valence-electron chi connectivity index (χ2n) is 13.1. The molecule has 1 aliphatic heterocycles. The summed E-state index contributed by atoms with van der Waals surface area (Å²) < 4.78 is 0. The number of rotatable bonds is 9. The Morgan fingerprint density at radius 3 is 1.98 bits per heavy atom. The predicted molar refractivity (Wildman–Crippen MR) is 176 cm³/mol. The van der Waals surface area contributed by atoms with Crippen molar-refractivity contribution < 1.29 is 14.4 Å². The average Bonchev–Trinajstić information content (AvgIpc) is 3.44. The maximum absolute atomic E-state index is 13.1. The molecule has 3 N–H and O–H groups in total. The zero-order valence-corrected chi connectivity index (χ0v) is 27.7. The quantitative estimate of drug-likeness (QED) is 0.294. The molecule has 0 saturated carbocycles. The van der Waals surface area contributed by atoms with Crippen LogP contribution in [0.1, 0.15) is 83.0 Å². The lowest BCUT2D eigenvalue weighted by Crippen LogP contribution is -2.51. The molecule has 3 amide bonds. The molecule has 0 spiro atoms. The van der Waals surface area contributed by atoms with Crippen molar-refractivity contribution in [3.63, 3.8) is 0 Å². The highest BCUT2D eigenvalue weighted by atomic mass is 16.2. The van der Waals surface area contributed by atoms with Crippen LogP contribution >= 0.6 is 0 Å². The van der Waals surface area contributed by atoms with Crippen LogP contribution in [-0.2, 0) is 23.1 Å². The van der Waals surface area contributed by atoms with E-state index in [4.69, 9.17) is 0 Å². The number of benzene rings is 2. The summed E-state index contributed by atoms with van der Waals surface area (Å²) in [5, 5.41) is 25.9. The standard InChI is InChI=1S/C35H47N7O3/c1-22(2)39-34(37)35(19-23(3)38-21-31(43)42-16-8-9-28(42)20-36)29-14-12-26(32(44)40(4)5)17-24(29)10-11-25-18-27(13-15-30(25)35)33(45)41(6)7/h12-15,17-18,22-23,28,38H,8-11,16,19,21H2,1-7H3,(H2,37,39)/t23-,28-/m0/s1. The van der Waals surface area contributed by atoms with Crippen LogP contribution in [-0.4, -0.2) is 97.7 Å². The van der Waals surface area contributed by atoms with Gasteiger partial charge in [-0.1, -0.05) is 12.1 Å². The van der Waals surface area contributed by atoms with Gasteiger partial charge in [-0.05, 0) is 99.4 Å². The number of nitriles is 1. The van der Waals surface area contributed by atoms with Crippen LogP contribution in [0.4, 0.5) is 0 Å². The van der Waals surface area contributed by atoms with Gasteiger partial charge in [0.25, 0.3) is 11.8 Å². The summed E-state index contributed by atoms with van der Waals surface area (Å²) in [6, 6.07) is 13.2. The number of carbonyl (C=O) groups is 3. The van der Waals surface area contributed by atoms with Crippen LogP contribution in [0.5, 0.6) is 0 Å². The molecule has 4 rings (SSSR count). The fourth-order valence-corrected chi connectivity index (χ4v) is 6.73. The van der Waals surface area contributed by atoms with Gasteiger partial charge in [0.15, 0.2) is 0 Å². The topological polar surface area (TPSA) is 133 Å². The van der Waals surface area contributed by atoms with E-state index in [-0.39, 0.29) is 42.4 Å². The molecule has 0 bridgehead atoms. The van der Waals surface area contributed by atoms with Crippen molar-refractivity contribution >= 4 is 23.6 Å². The molecule has 1 aliphatic carbocycles. The van der Waals surface area contributed by atoms with Crippen molar-refractivity contribution in [2.24, 2.45) is 0 Å². The third kappa shape index (κ3) is 6.89. The number of nitrogens with one attached hydrogen (secondary N) is 3. The Morgan fingerprint density at radius 2 is 1.51 bits per heavy atom. The zero-order valence-electron chi connectivity index (χ0n) is 27.7. The lowest BCUT2D eigenvalue weighted by atomic mass is 9.67. The fourth-order valence-electron chi connectivity index (χ4n) is 6.73. The summed E-state index contributed by atoms with van der Waals surface area (Å²) in [7, 11) is 6.93. The van der Waals surface area contributed by atoms with E-state index in [9.17, 15) is 25.1 Å². The van der Waals surface area contributed by atoms with E-state index in [2.05, 4.69) is 16.7 Å². The molecule has 2 atom stereocenters. The molecule has 0 unspecified atom stereocenters. The maximum Gasteiger partial charge on any atom is 0.253 e. The molecule has 45 heavy (non-hydrogen) atoms. The Labute approximate surface area is 267 Å². The van der Waals surface area contributed by atoms with Gasteiger partial charge in [0, 0.05) is 57.9 Å². The molecule has 10 heteroatoms. The monoisotopic (exact) mass is 613 g/mol. The molecule has 0 radical (unpaired) electrons. The summed E-state index contributed by atoms with van der Waals surface area (Å²) in [4.78, 5) is 43.9. The number of hydrogen-bond donors (Lipinski definition) is 3. The number of likely N-dealkylation sites (tertiary alicyclic amines) is 1. The van der Waals surface area contributed by atoms with Crippen LogP contribution in [0.3, 0.4) is 0 Å². The van der Waals surface area contributed by atoms with Crippen molar-refractivity contribution in [1.29, 1.82) is 10.7 Å². The van der Waals surface area contributed by atoms with Crippen molar-refractivity contribution in [1.82, 2.24) is 25.3 Å². The third-order valence-corrected chi connectivity index (χ3v) is 8.90. The highest BCUT2D eigenvalue weighted by Crippen LogP contribution is 2.44. The molecule has 1 fully saturated rings. The normalized spacial score (nSPS) is 17.4. The van der Waals surface area contributed by atoms with Crippen molar-refractivity contribution in [2.75, 3.05) is 41.3 Å². The molecule has 1 saturated heterocycles. The van der Waals surface area contributed by atoms with E-state index in [1.807, 2.05) is 57.2 Å². The second kappa shape index (κ2) is 13.8. The zero-order chi connectivity index (χ0) is 33.1. The minimum absolute atomic E-state index is 0.0170. The Morgan fingerprint density at radius 1 is 0.978 bits per heavy atom. The number of nitrogens with zero attached hydrogens (tertiary/aromatic N) is 4. The number of carbonyl (C=O) groups excluding carboxylic acids is 3. The summed E-state index contributed by atoms with van der Waals surface area (Å²) in [6.07, 6.45) is 3.24. The summed E-state index contributed by atoms with van der Waals surface area (Å²) in [5.74, 6) is 0.0381. The SMILES string of the molecule is CC(C)NC(=N)C1(C[C@H](C)NCC(=O)N2CCC[C@H]2C#N)c2ccc(C(=O)N(C)C)cc2CCc2cc(C(=O)N(C)C)ccc21. The third-order valence-electron chi connectivity index (χ3n) is 8.90. The minimum atomic E-state index is -0.955. The van der Waals surface area contributed by atoms with Gasteiger partial charge in [-0.3, -0.25) is 19.8 Å². The van der Waals surface area contributed by atoms with Gasteiger partial charge in [-0.25, -0.2) is 0 Å². The first-order valence-corrected chi connectivity index (χ1v) is 15.8. The number of fused-ring (bicyclic) bond motifs is 2. The van der Waals surface area contributed by atoms with Crippen LogP contribution < -0.4 is 10.6 Å². The summed E-state index contributed by atoms with van der Waals surface area (Å²) >= 11 is 0. The van der Waals surface area contributed by atoms with Gasteiger partial charge in [-0.15, -0.1) is 0 Å². The van der Waals surface area contributed by atoms with E-state index in [0.717, 1.165) is 28.7 Å². The Hall–Kier alpha value is -4.23. The van der Waals surface area contributed by atoms with Crippen LogP contribution in [0.15, 0.2) is 36.4 Å². The lowest BCUT2D eigenvalue weighted by Gasteiger charge is -2.40. The van der Waals surface area contributed by atoms with Gasteiger partial charge in [-0.2, -0.15) is 5.26 Å². The van der Waals surface area contributed by atoms with Crippen molar-refractivity contribution in [3.8, 4) is 6.07 Å². The van der Waals surface area contributed by atoms with Gasteiger partial charge in [0.05, 0.1) is 18.0 Å². The molecule has 10 nitrogen and oxygen atoms in total. The molecule has 240 valence electrons. The molecule has 0 aromatic heterocycles. The Balaban J connectivity index is 1.84. The summed E-state index contributed by atoms with van der Waals surface area (Å²) in [6.45, 7) is 6.69. The highest BCUT2D eigenvalue weighted by molar-refractivity contribution is 5.99. The van der Waals surface area contributed by atoms with Gasteiger partial charge < -0.3 is 25.3 Å². The smallest absolute Gasteiger partial charge is 0.253 e. The highest BCUT2D eigenvalue weighted by Gasteiger charge is 2.45. The Bertz CT molecular complexity index is 1440. The van der Waals surface area contributed by atoms with E-state index >= 15 is 0 Å². The molecule has 2 aromatic rings. The van der Waals surface area contributed by atoms with Gasteiger partial charge >= 0.3 is 0 Å². The van der Waals surface area contributed by atoms with Crippen LogP contribution in [0.2, 0.25) is 0 Å². The first kappa shape index (κ1) is 33.7. The Kier molecular flexibility index (Phi) is 10.3. The largest absolute Gasteiger partial charge is 0.371 e. The second-order valence-corrected chi connectivity index (χ2v) is 13.1. The van der Waals surface area contributed by atoms with Crippen LogP contribution in [0, 0.1) is 16.7 Å². The molecular formula is C35H47N7O3. The first-order chi connectivity index (χ1) is 21.3. The van der Waals surface area contributed by atoms with E-state index in [0.29, 0.717) is 49.2 Å². The predicted octanol–water partition coefficient (Wildman–Crippen LogP) is 3.33. The van der Waals surface area contributed by atoms with Gasteiger partial charge in [0.1, 0.15) is 11.9 Å². The maximum atomic E-state index is 13.1. The number of aryl methyl sites for hydroxylation is 2. The van der Waals surface area contributed by atoms with Gasteiger partial charge in [0.2, 0.25) is 5.91 Å². The molecule has 2 aromatic carbocycles.